The van der Waals surface area contributed by atoms with Gasteiger partial charge < -0.3 is 40.9 Å². The molecule has 6 amide bonds. The Hall–Kier alpha value is -6.54. The number of carbonyl (C=O) groups is 4. The van der Waals surface area contributed by atoms with E-state index in [4.69, 9.17) is 9.84 Å². The highest BCUT2D eigenvalue weighted by molar-refractivity contribution is 6.00. The van der Waals surface area contributed by atoms with E-state index in [9.17, 15) is 36.7 Å². The number of anilines is 4. The molecule has 2 aromatic heterocycles. The van der Waals surface area contributed by atoms with Crippen molar-refractivity contribution in [1.29, 1.82) is 0 Å². The smallest absolute Gasteiger partial charge is 0.409 e. The molecular formula is C51H74F4N10O6. The first-order valence-corrected chi connectivity index (χ1v) is 23.6. The average Bonchev–Trinajstić information content (AvgIpc) is 3.30. The van der Waals surface area contributed by atoms with Gasteiger partial charge >= 0.3 is 24.2 Å². The van der Waals surface area contributed by atoms with Gasteiger partial charge in [-0.3, -0.25) is 19.8 Å². The number of nitrogens with zero attached hydrogens (tertiary/aromatic N) is 6. The molecule has 16 nitrogen and oxygen atoms in total. The minimum Gasteiger partial charge on any atom is -0.465 e. The summed E-state index contributed by atoms with van der Waals surface area (Å²) in [5, 5.41) is 18.4. The zero-order chi connectivity index (χ0) is 53.4. The van der Waals surface area contributed by atoms with E-state index in [1.807, 2.05) is 9.80 Å². The van der Waals surface area contributed by atoms with Gasteiger partial charge in [-0.15, -0.1) is 0 Å². The number of rotatable bonds is 8. The van der Waals surface area contributed by atoms with E-state index in [0.717, 1.165) is 41.3 Å². The lowest BCUT2D eigenvalue weighted by Gasteiger charge is -2.33. The molecule has 5 N–H and O–H groups in total. The number of aromatic nitrogens is 2. The molecule has 0 spiro atoms. The largest absolute Gasteiger partial charge is 0.465 e. The van der Waals surface area contributed by atoms with E-state index < -0.39 is 58.9 Å². The number of nitrogens with one attached hydrogen (secondary N) is 4. The van der Waals surface area contributed by atoms with Gasteiger partial charge in [0.2, 0.25) is 0 Å². The van der Waals surface area contributed by atoms with Gasteiger partial charge in [-0.05, 0) is 68.0 Å². The lowest BCUT2D eigenvalue weighted by Crippen LogP contribution is -2.48. The molecule has 6 rings (SSSR count). The van der Waals surface area contributed by atoms with Crippen molar-refractivity contribution in [1.82, 2.24) is 29.6 Å². The van der Waals surface area contributed by atoms with Crippen molar-refractivity contribution in [2.24, 2.45) is 17.8 Å². The predicted molar refractivity (Wildman–Crippen MR) is 272 cm³/mol. The Kier molecular flexibility index (Phi) is 26.4. The molecule has 2 aromatic carbocycles. The Bertz CT molecular complexity index is 2250. The Morgan fingerprint density at radius 2 is 0.887 bits per heavy atom. The van der Waals surface area contributed by atoms with Crippen LogP contribution in [0.15, 0.2) is 60.9 Å². The van der Waals surface area contributed by atoms with Crippen molar-refractivity contribution in [2.75, 3.05) is 80.7 Å². The third-order valence-electron chi connectivity index (χ3n) is 9.39. The standard InChI is InChI=1S/C20H23F2N5O3.C19H21F2N5O3.3C4H10/c1-13-3-5-15(11-23-13)24-19(28)25-18-16(21)6-4-14(17(18)22)12-26-7-9-27(10-8-26)20(29)30-2;1-12-2-4-14(10-22-12)23-18(27)24-17-15(20)5-3-13(16(17)21)11-25-6-8-26(9-7-25)19(28)29;3*1-4(2)3/h3-6,11H,7-10,12H2,1-2H3,(H2,24,25,28);2-5,10H,6-9,11H2,1H3,(H,28,29)(H2,23,24,27);3*4H,1-3H3. The van der Waals surface area contributed by atoms with E-state index >= 15 is 0 Å². The van der Waals surface area contributed by atoms with Crippen molar-refractivity contribution >= 4 is 47.0 Å². The molecule has 392 valence electrons. The Morgan fingerprint density at radius 1 is 0.549 bits per heavy atom. The number of hydrogen-bond donors (Lipinski definition) is 5. The molecule has 0 radical (unpaired) electrons. The number of halogens is 4. The molecular weight excluding hydrogens is 925 g/mol. The number of urea groups is 2. The van der Waals surface area contributed by atoms with E-state index in [-0.39, 0.29) is 24.2 Å². The number of pyridine rings is 2. The minimum atomic E-state index is -0.987. The van der Waals surface area contributed by atoms with Gasteiger partial charge in [-0.2, -0.15) is 0 Å². The van der Waals surface area contributed by atoms with Crippen molar-refractivity contribution in [3.8, 4) is 0 Å². The molecule has 20 heteroatoms. The number of amides is 6. The van der Waals surface area contributed by atoms with Gasteiger partial charge in [0, 0.05) is 88.0 Å². The number of aryl methyl sites for hydroxylation is 2. The SMILES string of the molecule is CC(C)C.CC(C)C.CC(C)C.COC(=O)N1CCN(Cc2ccc(F)c(NC(=O)Nc3ccc(C)nc3)c2F)CC1.Cc1ccc(NC(=O)Nc2c(F)ccc(CN3CCN(C(=O)O)CC3)c2F)cn1. The van der Waals surface area contributed by atoms with Crippen molar-refractivity contribution in [3.63, 3.8) is 0 Å². The summed E-state index contributed by atoms with van der Waals surface area (Å²) in [5.74, 6) is -0.950. The third kappa shape index (κ3) is 23.3. The zero-order valence-electron chi connectivity index (χ0n) is 43.3. The Balaban J connectivity index is 0.000000397. The monoisotopic (exact) mass is 999 g/mol. The maximum absolute atomic E-state index is 14.9. The van der Waals surface area contributed by atoms with E-state index in [1.54, 1.807) is 43.0 Å². The molecule has 0 bridgehead atoms. The van der Waals surface area contributed by atoms with Crippen LogP contribution in [-0.2, 0) is 17.8 Å². The first kappa shape index (κ1) is 60.6. The molecule has 0 aliphatic carbocycles. The van der Waals surface area contributed by atoms with Gasteiger partial charge in [-0.1, -0.05) is 74.4 Å². The third-order valence-corrected chi connectivity index (χ3v) is 9.39. The normalized spacial score (nSPS) is 13.5. The summed E-state index contributed by atoms with van der Waals surface area (Å²) >= 11 is 0. The van der Waals surface area contributed by atoms with Gasteiger partial charge in [0.1, 0.15) is 23.0 Å². The summed E-state index contributed by atoms with van der Waals surface area (Å²) in [6, 6.07) is 9.98. The van der Waals surface area contributed by atoms with E-state index in [2.05, 4.69) is 93.5 Å². The van der Waals surface area contributed by atoms with Crippen LogP contribution < -0.4 is 21.3 Å². The second-order valence-electron chi connectivity index (χ2n) is 18.8. The van der Waals surface area contributed by atoms with Crippen LogP contribution in [0.5, 0.6) is 0 Å². The summed E-state index contributed by atoms with van der Waals surface area (Å²) in [4.78, 5) is 61.5. The molecule has 0 saturated carbocycles. The number of benzene rings is 2. The molecule has 2 aliphatic heterocycles. The molecule has 0 atom stereocenters. The van der Waals surface area contributed by atoms with E-state index in [1.165, 1.54) is 36.5 Å². The maximum Gasteiger partial charge on any atom is 0.409 e. The van der Waals surface area contributed by atoms with Crippen molar-refractivity contribution in [3.05, 3.63) is 107 Å². The average molecular weight is 999 g/mol. The lowest BCUT2D eigenvalue weighted by molar-refractivity contribution is 0.0885. The highest BCUT2D eigenvalue weighted by Gasteiger charge is 2.25. The van der Waals surface area contributed by atoms with Crippen LogP contribution in [0, 0.1) is 54.9 Å². The predicted octanol–water partition coefficient (Wildman–Crippen LogP) is 11.3. The lowest BCUT2D eigenvalue weighted by atomic mass is 10.1. The zero-order valence-corrected chi connectivity index (χ0v) is 43.3. The molecule has 0 unspecified atom stereocenters. The molecule has 2 fully saturated rings. The second kappa shape index (κ2) is 30.9. The second-order valence-corrected chi connectivity index (χ2v) is 18.8. The molecule has 2 saturated heterocycles. The molecule has 2 aliphatic rings. The highest BCUT2D eigenvalue weighted by atomic mass is 19.1. The van der Waals surface area contributed by atoms with Gasteiger partial charge in [0.25, 0.3) is 0 Å². The fourth-order valence-corrected chi connectivity index (χ4v) is 6.10. The summed E-state index contributed by atoms with van der Waals surface area (Å²) in [6.45, 7) is 27.0. The number of piperazine rings is 2. The fourth-order valence-electron chi connectivity index (χ4n) is 6.10. The van der Waals surface area contributed by atoms with Crippen LogP contribution in [-0.4, -0.2) is 118 Å². The van der Waals surface area contributed by atoms with Crippen molar-refractivity contribution in [2.45, 2.75) is 89.3 Å². The van der Waals surface area contributed by atoms with Crippen LogP contribution in [0.2, 0.25) is 0 Å². The fraction of sp³-hybridized carbons (Fsp3) is 0.490. The van der Waals surface area contributed by atoms with Gasteiger partial charge in [0.05, 0.1) is 30.9 Å². The quantitative estimate of drug-likeness (QED) is 0.106. The minimum absolute atomic E-state index is 0.178. The van der Waals surface area contributed by atoms with Crippen LogP contribution in [0.1, 0.15) is 84.8 Å². The highest BCUT2D eigenvalue weighted by Crippen LogP contribution is 2.26. The van der Waals surface area contributed by atoms with E-state index in [0.29, 0.717) is 63.7 Å². The number of ether oxygens (including phenoxy) is 1. The summed E-state index contributed by atoms with van der Waals surface area (Å²) < 4.78 is 62.7. The first-order valence-electron chi connectivity index (χ1n) is 23.6. The van der Waals surface area contributed by atoms with Crippen LogP contribution in [0.3, 0.4) is 0 Å². The Labute approximate surface area is 416 Å². The number of carboxylic acid groups (broad SMARTS) is 1. The number of carbonyl (C=O) groups excluding carboxylic acids is 3. The first-order chi connectivity index (χ1) is 33.4. The van der Waals surface area contributed by atoms with Gasteiger partial charge in [0.15, 0.2) is 11.6 Å². The molecule has 71 heavy (non-hydrogen) atoms. The number of methoxy groups -OCH3 is 1. The van der Waals surface area contributed by atoms with Gasteiger partial charge in [-0.25, -0.2) is 36.7 Å². The number of hydrogen-bond acceptors (Lipinski definition) is 9. The Morgan fingerprint density at radius 3 is 1.18 bits per heavy atom. The summed E-state index contributed by atoms with van der Waals surface area (Å²) in [7, 11) is 1.32. The van der Waals surface area contributed by atoms with Crippen molar-refractivity contribution < 1.29 is 46.6 Å². The topological polar surface area (TPSA) is 185 Å². The maximum atomic E-state index is 14.9. The van der Waals surface area contributed by atoms with Crippen LogP contribution >= 0.6 is 0 Å². The molecule has 4 aromatic rings. The summed E-state index contributed by atoms with van der Waals surface area (Å²) in [6.07, 6.45) is 1.50. The molecule has 4 heterocycles. The summed E-state index contributed by atoms with van der Waals surface area (Å²) in [5.41, 5.74) is 1.74. The van der Waals surface area contributed by atoms with Crippen LogP contribution in [0.25, 0.3) is 0 Å². The van der Waals surface area contributed by atoms with Crippen LogP contribution in [0.4, 0.5) is 59.5 Å².